The standard InChI is InChI=1S/C23H40N4O4.C3H4/c1-29-12-9-21(25)20(8-13-31-15-14-30-2)22(16-24)26-11-5-6-19(17-26)18-27-10-4-3-7-23(27)28;1-3-2/h8-9,16,19H,3-7,10-15,17-18,24-25H2,1-2H3;1H,2H3/b20-8+,21-9+,22-16+;. The van der Waals surface area contributed by atoms with Crippen molar-refractivity contribution < 1.29 is 19.0 Å². The van der Waals surface area contributed by atoms with Gasteiger partial charge >= 0.3 is 0 Å². The van der Waals surface area contributed by atoms with Gasteiger partial charge in [-0.15, -0.1) is 12.3 Å². The number of methoxy groups -OCH3 is 2. The van der Waals surface area contributed by atoms with Gasteiger partial charge in [-0.3, -0.25) is 4.79 Å². The Morgan fingerprint density at radius 1 is 1.15 bits per heavy atom. The number of carbonyl (C=O) groups excluding carboxylic acids is 1. The molecule has 0 aliphatic carbocycles. The number of carbonyl (C=O) groups is 1. The molecule has 2 fully saturated rings. The molecule has 0 saturated carbocycles. The zero-order chi connectivity index (χ0) is 25.2. The second-order valence-electron chi connectivity index (χ2n) is 8.39. The van der Waals surface area contributed by atoms with E-state index in [1.165, 1.54) is 0 Å². The maximum atomic E-state index is 12.2. The summed E-state index contributed by atoms with van der Waals surface area (Å²) in [6.45, 7) is 7.01. The smallest absolute Gasteiger partial charge is 0.222 e. The van der Waals surface area contributed by atoms with Gasteiger partial charge in [0.05, 0.1) is 32.1 Å². The minimum Gasteiger partial charge on any atom is -0.403 e. The van der Waals surface area contributed by atoms with E-state index < -0.39 is 0 Å². The van der Waals surface area contributed by atoms with Crippen LogP contribution in [-0.4, -0.2) is 82.5 Å². The summed E-state index contributed by atoms with van der Waals surface area (Å²) >= 11 is 0. The first-order valence-corrected chi connectivity index (χ1v) is 12.1. The van der Waals surface area contributed by atoms with E-state index in [1.807, 2.05) is 17.1 Å². The summed E-state index contributed by atoms with van der Waals surface area (Å²) in [5.41, 5.74) is 14.8. The highest BCUT2D eigenvalue weighted by molar-refractivity contribution is 5.76. The first kappa shape index (κ1) is 29.6. The Hall–Kier alpha value is -2.47. The Kier molecular flexibility index (Phi) is 15.6. The molecule has 192 valence electrons. The van der Waals surface area contributed by atoms with Gasteiger partial charge in [-0.1, -0.05) is 0 Å². The lowest BCUT2D eigenvalue weighted by Gasteiger charge is -2.39. The Morgan fingerprint density at radius 2 is 1.91 bits per heavy atom. The quantitative estimate of drug-likeness (QED) is 0.253. The van der Waals surface area contributed by atoms with Crippen LogP contribution in [0, 0.1) is 18.3 Å². The molecule has 34 heavy (non-hydrogen) atoms. The van der Waals surface area contributed by atoms with E-state index in [4.69, 9.17) is 25.7 Å². The Morgan fingerprint density at radius 3 is 2.56 bits per heavy atom. The molecule has 8 nitrogen and oxygen atoms in total. The largest absolute Gasteiger partial charge is 0.403 e. The number of amides is 1. The van der Waals surface area contributed by atoms with Crippen molar-refractivity contribution >= 4 is 5.91 Å². The third-order valence-corrected chi connectivity index (χ3v) is 5.81. The molecule has 4 N–H and O–H groups in total. The summed E-state index contributed by atoms with van der Waals surface area (Å²) in [7, 11) is 3.29. The molecule has 2 rings (SSSR count). The molecule has 0 radical (unpaired) electrons. The predicted molar refractivity (Wildman–Crippen MR) is 136 cm³/mol. The van der Waals surface area contributed by atoms with Crippen LogP contribution in [0.3, 0.4) is 0 Å². The molecule has 0 aromatic heterocycles. The molecule has 2 heterocycles. The fourth-order valence-corrected chi connectivity index (χ4v) is 4.19. The Balaban J connectivity index is 0.00000182. The molecular formula is C26H44N4O4. The van der Waals surface area contributed by atoms with Crippen LogP contribution in [-0.2, 0) is 19.0 Å². The van der Waals surface area contributed by atoms with Gasteiger partial charge in [0, 0.05) is 64.3 Å². The van der Waals surface area contributed by atoms with Crippen molar-refractivity contribution in [3.05, 3.63) is 35.3 Å². The molecule has 1 amide bonds. The van der Waals surface area contributed by atoms with Crippen LogP contribution >= 0.6 is 0 Å². The molecule has 1 unspecified atom stereocenters. The molecule has 8 heteroatoms. The molecule has 0 spiro atoms. The number of terminal acetylenes is 1. The zero-order valence-electron chi connectivity index (χ0n) is 21.3. The van der Waals surface area contributed by atoms with Gasteiger partial charge in [-0.05, 0) is 50.7 Å². The summed E-state index contributed by atoms with van der Waals surface area (Å²) in [4.78, 5) is 16.6. The van der Waals surface area contributed by atoms with Crippen LogP contribution in [0.25, 0.3) is 0 Å². The number of likely N-dealkylation sites (tertiary alicyclic amines) is 2. The van der Waals surface area contributed by atoms with Crippen LogP contribution in [0.2, 0.25) is 0 Å². The highest BCUT2D eigenvalue weighted by Gasteiger charge is 2.27. The van der Waals surface area contributed by atoms with Gasteiger partial charge in [-0.2, -0.15) is 0 Å². The predicted octanol–water partition coefficient (Wildman–Crippen LogP) is 2.23. The summed E-state index contributed by atoms with van der Waals surface area (Å²) < 4.78 is 15.8. The van der Waals surface area contributed by atoms with Gasteiger partial charge in [0.15, 0.2) is 0 Å². The maximum absolute atomic E-state index is 12.2. The van der Waals surface area contributed by atoms with E-state index in [0.29, 0.717) is 50.4 Å². The number of piperidine rings is 2. The molecule has 0 aromatic carbocycles. The summed E-state index contributed by atoms with van der Waals surface area (Å²) in [5.74, 6) is 2.97. The van der Waals surface area contributed by atoms with Gasteiger partial charge in [0.2, 0.25) is 5.91 Å². The zero-order valence-corrected chi connectivity index (χ0v) is 21.3. The lowest BCUT2D eigenvalue weighted by Crippen LogP contribution is -2.44. The number of nitrogens with two attached hydrogens (primary N) is 2. The fraction of sp³-hybridized carbons (Fsp3) is 0.654. The van der Waals surface area contributed by atoms with Crippen LogP contribution in [0.15, 0.2) is 35.3 Å². The van der Waals surface area contributed by atoms with E-state index in [9.17, 15) is 4.79 Å². The van der Waals surface area contributed by atoms with E-state index >= 15 is 0 Å². The van der Waals surface area contributed by atoms with Gasteiger partial charge in [0.25, 0.3) is 0 Å². The van der Waals surface area contributed by atoms with Gasteiger partial charge in [0.1, 0.15) is 0 Å². The molecule has 0 bridgehead atoms. The number of ether oxygens (including phenoxy) is 3. The SMILES string of the molecule is C#CC.COC\C=C(N)/C(=C\COCCOC)C(=C\N)/N1CCCC(CN2CCCCC2=O)C1. The Bertz CT molecular complexity index is 727. The molecule has 1 atom stereocenters. The second kappa shape index (κ2) is 17.9. The van der Waals surface area contributed by atoms with Crippen molar-refractivity contribution in [3.63, 3.8) is 0 Å². The lowest BCUT2D eigenvalue weighted by atomic mass is 9.94. The summed E-state index contributed by atoms with van der Waals surface area (Å²) in [5, 5.41) is 0. The lowest BCUT2D eigenvalue weighted by molar-refractivity contribution is -0.134. The average molecular weight is 477 g/mol. The van der Waals surface area contributed by atoms with Gasteiger partial charge in [-0.25, -0.2) is 0 Å². The van der Waals surface area contributed by atoms with E-state index in [0.717, 1.165) is 63.1 Å². The molecule has 0 aromatic rings. The van der Waals surface area contributed by atoms with Crippen LogP contribution in [0.1, 0.15) is 39.0 Å². The third-order valence-electron chi connectivity index (χ3n) is 5.81. The number of hydrogen-bond acceptors (Lipinski definition) is 7. The summed E-state index contributed by atoms with van der Waals surface area (Å²) in [6.07, 6.45) is 15.0. The van der Waals surface area contributed by atoms with E-state index in [1.54, 1.807) is 27.3 Å². The molecule has 2 saturated heterocycles. The number of rotatable bonds is 12. The van der Waals surface area contributed by atoms with Crippen LogP contribution in [0.5, 0.6) is 0 Å². The fourth-order valence-electron chi connectivity index (χ4n) is 4.19. The maximum Gasteiger partial charge on any atom is 0.222 e. The third kappa shape index (κ3) is 10.6. The minimum atomic E-state index is 0.290. The summed E-state index contributed by atoms with van der Waals surface area (Å²) in [6, 6.07) is 0. The highest BCUT2D eigenvalue weighted by atomic mass is 16.5. The molecule has 2 aliphatic heterocycles. The monoisotopic (exact) mass is 476 g/mol. The number of hydrogen-bond donors (Lipinski definition) is 2. The van der Waals surface area contributed by atoms with E-state index in [-0.39, 0.29) is 0 Å². The van der Waals surface area contributed by atoms with Crippen molar-refractivity contribution in [2.75, 3.05) is 66.8 Å². The second-order valence-corrected chi connectivity index (χ2v) is 8.39. The van der Waals surface area contributed by atoms with Gasteiger partial charge < -0.3 is 35.5 Å². The van der Waals surface area contributed by atoms with Crippen molar-refractivity contribution in [2.24, 2.45) is 17.4 Å². The normalized spacial score (nSPS) is 20.0. The minimum absolute atomic E-state index is 0.290. The van der Waals surface area contributed by atoms with Crippen molar-refractivity contribution in [2.45, 2.75) is 39.0 Å². The first-order chi connectivity index (χ1) is 16.5. The highest BCUT2D eigenvalue weighted by Crippen LogP contribution is 2.27. The van der Waals surface area contributed by atoms with Crippen molar-refractivity contribution in [1.29, 1.82) is 0 Å². The average Bonchev–Trinajstić information content (AvgIpc) is 2.84. The topological polar surface area (TPSA) is 103 Å². The molecule has 2 aliphatic rings. The van der Waals surface area contributed by atoms with Crippen LogP contribution < -0.4 is 11.5 Å². The first-order valence-electron chi connectivity index (χ1n) is 12.1. The van der Waals surface area contributed by atoms with E-state index in [2.05, 4.69) is 17.2 Å². The molecular weight excluding hydrogens is 432 g/mol. The van der Waals surface area contributed by atoms with Crippen molar-refractivity contribution in [3.8, 4) is 12.3 Å². The Labute approximate surface area is 205 Å². The van der Waals surface area contributed by atoms with Crippen molar-refractivity contribution in [1.82, 2.24) is 9.80 Å². The van der Waals surface area contributed by atoms with Crippen LogP contribution in [0.4, 0.5) is 0 Å². The number of nitrogens with zero attached hydrogens (tertiary/aromatic N) is 2.